The average molecular weight is 386 g/mol. The molecule has 5 nitrogen and oxygen atoms in total. The number of anilines is 1. The summed E-state index contributed by atoms with van der Waals surface area (Å²) in [7, 11) is 0. The van der Waals surface area contributed by atoms with Gasteiger partial charge in [0.15, 0.2) is 6.10 Å². The molecular weight excluding hydrogens is 364 g/mol. The summed E-state index contributed by atoms with van der Waals surface area (Å²) >= 11 is 0. The third-order valence-electron chi connectivity index (χ3n) is 4.31. The van der Waals surface area contributed by atoms with Gasteiger partial charge >= 0.3 is 0 Å². The molecule has 1 unspecified atom stereocenters. The summed E-state index contributed by atoms with van der Waals surface area (Å²) in [5.41, 5.74) is 3.08. The Hall–Kier alpha value is -3.78. The van der Waals surface area contributed by atoms with Crippen LogP contribution in [-0.2, 0) is 4.79 Å². The topological polar surface area (TPSA) is 71.3 Å². The van der Waals surface area contributed by atoms with Gasteiger partial charge in [0.05, 0.1) is 23.9 Å². The van der Waals surface area contributed by atoms with Crippen molar-refractivity contribution < 1.29 is 14.3 Å². The summed E-state index contributed by atoms with van der Waals surface area (Å²) in [6, 6.07) is 24.6. The first-order valence-corrected chi connectivity index (χ1v) is 9.40. The lowest BCUT2D eigenvalue weighted by Crippen LogP contribution is -2.30. The highest BCUT2D eigenvalue weighted by Crippen LogP contribution is 2.27. The van der Waals surface area contributed by atoms with E-state index in [1.807, 2.05) is 61.5 Å². The van der Waals surface area contributed by atoms with Crippen LogP contribution < -0.4 is 14.8 Å². The lowest BCUT2D eigenvalue weighted by Gasteiger charge is -2.17. The maximum atomic E-state index is 12.6. The molecule has 0 aromatic heterocycles. The maximum Gasteiger partial charge on any atom is 0.265 e. The van der Waals surface area contributed by atoms with Crippen LogP contribution in [0.3, 0.4) is 0 Å². The molecule has 0 spiro atoms. The van der Waals surface area contributed by atoms with E-state index in [1.54, 1.807) is 25.1 Å². The van der Waals surface area contributed by atoms with Crippen LogP contribution in [0, 0.1) is 11.3 Å². The molecule has 0 radical (unpaired) electrons. The molecule has 0 heterocycles. The Bertz CT molecular complexity index is 1010. The lowest BCUT2D eigenvalue weighted by molar-refractivity contribution is -0.122. The predicted molar refractivity (Wildman–Crippen MR) is 113 cm³/mol. The van der Waals surface area contributed by atoms with Gasteiger partial charge in [0.25, 0.3) is 5.91 Å². The molecule has 0 aliphatic carbocycles. The zero-order chi connectivity index (χ0) is 20.6. The largest absolute Gasteiger partial charge is 0.492 e. The van der Waals surface area contributed by atoms with Gasteiger partial charge in [-0.2, -0.15) is 5.26 Å². The van der Waals surface area contributed by atoms with Crippen molar-refractivity contribution >= 4 is 11.6 Å². The summed E-state index contributed by atoms with van der Waals surface area (Å²) in [6.45, 7) is 3.98. The van der Waals surface area contributed by atoms with Gasteiger partial charge in [-0.05, 0) is 55.3 Å². The third kappa shape index (κ3) is 5.14. The van der Waals surface area contributed by atoms with E-state index in [1.165, 1.54) is 0 Å². The minimum absolute atomic E-state index is 0.326. The third-order valence-corrected chi connectivity index (χ3v) is 4.31. The first-order chi connectivity index (χ1) is 14.1. The number of carbonyl (C=O) groups excluding carboxylic acids is 1. The summed E-state index contributed by atoms with van der Waals surface area (Å²) in [5, 5.41) is 11.9. The molecule has 29 heavy (non-hydrogen) atoms. The molecule has 0 bridgehead atoms. The van der Waals surface area contributed by atoms with Crippen molar-refractivity contribution in [1.29, 1.82) is 5.26 Å². The SMILES string of the molecule is CCOc1ccc(C#N)cc1NC(=O)C(C)Oc1ccc(-c2ccccc2)cc1. The highest BCUT2D eigenvalue weighted by Gasteiger charge is 2.17. The first-order valence-electron chi connectivity index (χ1n) is 9.40. The van der Waals surface area contributed by atoms with Crippen molar-refractivity contribution in [2.75, 3.05) is 11.9 Å². The zero-order valence-electron chi connectivity index (χ0n) is 16.4. The molecule has 0 saturated carbocycles. The number of nitrogens with one attached hydrogen (secondary N) is 1. The van der Waals surface area contributed by atoms with Crippen LogP contribution in [-0.4, -0.2) is 18.6 Å². The van der Waals surface area contributed by atoms with E-state index in [9.17, 15) is 4.79 Å². The second-order valence-electron chi connectivity index (χ2n) is 6.40. The molecule has 1 N–H and O–H groups in total. The summed E-state index contributed by atoms with van der Waals surface area (Å²) < 4.78 is 11.3. The normalized spacial score (nSPS) is 11.2. The van der Waals surface area contributed by atoms with E-state index in [-0.39, 0.29) is 5.91 Å². The number of nitriles is 1. The second-order valence-corrected chi connectivity index (χ2v) is 6.40. The Labute approximate surface area is 170 Å². The van der Waals surface area contributed by atoms with Crippen molar-refractivity contribution in [2.24, 2.45) is 0 Å². The van der Waals surface area contributed by atoms with Crippen molar-refractivity contribution in [3.05, 3.63) is 78.4 Å². The minimum atomic E-state index is -0.724. The van der Waals surface area contributed by atoms with E-state index in [2.05, 4.69) is 11.4 Å². The maximum absolute atomic E-state index is 12.6. The van der Waals surface area contributed by atoms with E-state index < -0.39 is 6.10 Å². The monoisotopic (exact) mass is 386 g/mol. The molecule has 0 aliphatic heterocycles. The van der Waals surface area contributed by atoms with Gasteiger partial charge in [0, 0.05) is 0 Å². The Balaban J connectivity index is 1.67. The second kappa shape index (κ2) is 9.43. The van der Waals surface area contributed by atoms with E-state index in [0.29, 0.717) is 29.4 Å². The number of rotatable bonds is 7. The number of ether oxygens (including phenoxy) is 2. The standard InChI is InChI=1S/C24H22N2O3/c1-3-28-23-14-9-18(16-25)15-22(23)26-24(27)17(2)29-21-12-10-20(11-13-21)19-7-5-4-6-8-19/h4-15,17H,3H2,1-2H3,(H,26,27). The quantitative estimate of drug-likeness (QED) is 0.618. The van der Waals surface area contributed by atoms with Crippen LogP contribution in [0.4, 0.5) is 5.69 Å². The van der Waals surface area contributed by atoms with Crippen molar-refractivity contribution in [3.63, 3.8) is 0 Å². The van der Waals surface area contributed by atoms with E-state index in [4.69, 9.17) is 14.7 Å². The van der Waals surface area contributed by atoms with Gasteiger partial charge < -0.3 is 14.8 Å². The van der Waals surface area contributed by atoms with Crippen LogP contribution in [0.1, 0.15) is 19.4 Å². The molecule has 3 aromatic carbocycles. The van der Waals surface area contributed by atoms with Gasteiger partial charge in [-0.25, -0.2) is 0 Å². The lowest BCUT2D eigenvalue weighted by atomic mass is 10.1. The van der Waals surface area contributed by atoms with Crippen molar-refractivity contribution in [3.8, 4) is 28.7 Å². The molecule has 3 rings (SSSR count). The highest BCUT2D eigenvalue weighted by molar-refractivity contribution is 5.95. The number of hydrogen-bond acceptors (Lipinski definition) is 4. The fourth-order valence-electron chi connectivity index (χ4n) is 2.83. The minimum Gasteiger partial charge on any atom is -0.492 e. The average Bonchev–Trinajstić information content (AvgIpc) is 2.76. The Morgan fingerprint density at radius 1 is 1.03 bits per heavy atom. The van der Waals surface area contributed by atoms with Crippen LogP contribution in [0.2, 0.25) is 0 Å². The number of amides is 1. The summed E-state index contributed by atoms with van der Waals surface area (Å²) in [4.78, 5) is 12.6. The van der Waals surface area contributed by atoms with Gasteiger partial charge in [0.2, 0.25) is 0 Å². The molecule has 0 fully saturated rings. The van der Waals surface area contributed by atoms with Gasteiger partial charge in [0.1, 0.15) is 11.5 Å². The summed E-state index contributed by atoms with van der Waals surface area (Å²) in [6.07, 6.45) is -0.724. The van der Waals surface area contributed by atoms with Crippen molar-refractivity contribution in [1.82, 2.24) is 0 Å². The molecule has 0 aliphatic rings. The summed E-state index contributed by atoms with van der Waals surface area (Å²) in [5.74, 6) is 0.788. The zero-order valence-corrected chi connectivity index (χ0v) is 16.4. The van der Waals surface area contributed by atoms with Crippen LogP contribution in [0.25, 0.3) is 11.1 Å². The Morgan fingerprint density at radius 2 is 1.72 bits per heavy atom. The van der Waals surface area contributed by atoms with Crippen molar-refractivity contribution in [2.45, 2.75) is 20.0 Å². The van der Waals surface area contributed by atoms with Crippen LogP contribution >= 0.6 is 0 Å². The molecular formula is C24H22N2O3. The molecule has 146 valence electrons. The molecule has 1 atom stereocenters. The van der Waals surface area contributed by atoms with E-state index in [0.717, 1.165) is 11.1 Å². The molecule has 5 heteroatoms. The van der Waals surface area contributed by atoms with Gasteiger partial charge in [-0.1, -0.05) is 42.5 Å². The Kier molecular flexibility index (Phi) is 6.49. The number of benzene rings is 3. The number of hydrogen-bond donors (Lipinski definition) is 1. The van der Waals surface area contributed by atoms with E-state index >= 15 is 0 Å². The van der Waals surface area contributed by atoms with Crippen LogP contribution in [0.15, 0.2) is 72.8 Å². The first kappa shape index (κ1) is 20.0. The number of nitrogens with zero attached hydrogens (tertiary/aromatic N) is 1. The fraction of sp³-hybridized carbons (Fsp3) is 0.167. The van der Waals surface area contributed by atoms with Gasteiger partial charge in [-0.15, -0.1) is 0 Å². The smallest absolute Gasteiger partial charge is 0.265 e. The number of carbonyl (C=O) groups is 1. The molecule has 1 amide bonds. The molecule has 0 saturated heterocycles. The highest BCUT2D eigenvalue weighted by atomic mass is 16.5. The molecule has 3 aromatic rings. The van der Waals surface area contributed by atoms with Crippen LogP contribution in [0.5, 0.6) is 11.5 Å². The fourth-order valence-corrected chi connectivity index (χ4v) is 2.83. The predicted octanol–water partition coefficient (Wildman–Crippen LogP) is 5.03. The Morgan fingerprint density at radius 3 is 2.38 bits per heavy atom. The van der Waals surface area contributed by atoms with Gasteiger partial charge in [-0.3, -0.25) is 4.79 Å².